The highest BCUT2D eigenvalue weighted by Crippen LogP contribution is 2.41. The summed E-state index contributed by atoms with van der Waals surface area (Å²) in [5.74, 6) is 0.741. The van der Waals surface area contributed by atoms with Crippen LogP contribution < -0.4 is 5.32 Å². The number of hydrogen-bond acceptors (Lipinski definition) is 2. The minimum Gasteiger partial charge on any atom is -0.379 e. The first-order valence-electron chi connectivity index (χ1n) is 5.65. The highest BCUT2D eigenvalue weighted by Gasteiger charge is 2.38. The molecule has 1 rings (SSSR count). The lowest BCUT2D eigenvalue weighted by molar-refractivity contribution is -0.0376. The normalized spacial score (nSPS) is 34.5. The van der Waals surface area contributed by atoms with Gasteiger partial charge in [0.25, 0.3) is 0 Å². The van der Waals surface area contributed by atoms with Crippen LogP contribution in [0.3, 0.4) is 0 Å². The molecule has 0 aliphatic carbocycles. The Morgan fingerprint density at radius 1 is 1.50 bits per heavy atom. The molecular weight excluding hydrogens is 174 g/mol. The summed E-state index contributed by atoms with van der Waals surface area (Å²) >= 11 is 0. The Hall–Kier alpha value is -0.0800. The van der Waals surface area contributed by atoms with Crippen molar-refractivity contribution in [2.24, 2.45) is 11.3 Å². The summed E-state index contributed by atoms with van der Waals surface area (Å²) < 4.78 is 5.53. The van der Waals surface area contributed by atoms with Gasteiger partial charge in [-0.15, -0.1) is 0 Å². The highest BCUT2D eigenvalue weighted by molar-refractivity contribution is 4.90. The van der Waals surface area contributed by atoms with Gasteiger partial charge in [0.2, 0.25) is 0 Å². The lowest BCUT2D eigenvalue weighted by atomic mass is 9.67. The standard InChI is InChI=1S/C12H25NO/c1-10-8-13-7-6-12(10,4)9-11(2,3)14-5/h10,13H,6-9H2,1-5H3. The Morgan fingerprint density at radius 3 is 2.64 bits per heavy atom. The predicted molar refractivity (Wildman–Crippen MR) is 60.5 cm³/mol. The molecule has 1 aliphatic rings. The van der Waals surface area contributed by atoms with Gasteiger partial charge >= 0.3 is 0 Å². The van der Waals surface area contributed by atoms with Crippen molar-refractivity contribution in [2.75, 3.05) is 20.2 Å². The van der Waals surface area contributed by atoms with Gasteiger partial charge in [-0.2, -0.15) is 0 Å². The molecule has 1 fully saturated rings. The van der Waals surface area contributed by atoms with Crippen LogP contribution >= 0.6 is 0 Å². The summed E-state index contributed by atoms with van der Waals surface area (Å²) in [5.41, 5.74) is 0.450. The Labute approximate surface area is 88.4 Å². The number of rotatable bonds is 3. The molecule has 1 saturated heterocycles. The Balaban J connectivity index is 2.63. The van der Waals surface area contributed by atoms with E-state index in [1.165, 1.54) is 6.42 Å². The van der Waals surface area contributed by atoms with Crippen LogP contribution in [0.4, 0.5) is 0 Å². The first kappa shape index (κ1) is 12.0. The van der Waals surface area contributed by atoms with Crippen molar-refractivity contribution in [2.45, 2.75) is 46.1 Å². The van der Waals surface area contributed by atoms with Crippen LogP contribution in [0.25, 0.3) is 0 Å². The molecule has 84 valence electrons. The third-order valence-electron chi connectivity index (χ3n) is 3.90. The van der Waals surface area contributed by atoms with E-state index in [2.05, 4.69) is 33.0 Å². The second kappa shape index (κ2) is 4.19. The average Bonchev–Trinajstić information content (AvgIpc) is 2.10. The van der Waals surface area contributed by atoms with Gasteiger partial charge in [0, 0.05) is 7.11 Å². The average molecular weight is 199 g/mol. The first-order valence-corrected chi connectivity index (χ1v) is 5.65. The first-order chi connectivity index (χ1) is 6.40. The maximum absolute atomic E-state index is 5.53. The van der Waals surface area contributed by atoms with Crippen LogP contribution in [0.2, 0.25) is 0 Å². The highest BCUT2D eigenvalue weighted by atomic mass is 16.5. The molecule has 14 heavy (non-hydrogen) atoms. The van der Waals surface area contributed by atoms with Crippen LogP contribution in [0.15, 0.2) is 0 Å². The van der Waals surface area contributed by atoms with Crippen molar-refractivity contribution in [1.82, 2.24) is 5.32 Å². The second-order valence-electron chi connectivity index (χ2n) is 5.65. The Morgan fingerprint density at radius 2 is 2.14 bits per heavy atom. The zero-order chi connectivity index (χ0) is 10.8. The lowest BCUT2D eigenvalue weighted by Crippen LogP contribution is -2.45. The minimum atomic E-state index is 0.0142. The summed E-state index contributed by atoms with van der Waals surface area (Å²) in [7, 11) is 1.81. The van der Waals surface area contributed by atoms with Crippen molar-refractivity contribution < 1.29 is 4.74 Å². The van der Waals surface area contributed by atoms with E-state index >= 15 is 0 Å². The molecule has 1 N–H and O–H groups in total. The second-order valence-corrected chi connectivity index (χ2v) is 5.65. The smallest absolute Gasteiger partial charge is 0.0628 e. The molecule has 0 radical (unpaired) electrons. The van der Waals surface area contributed by atoms with Gasteiger partial charge in [-0.25, -0.2) is 0 Å². The van der Waals surface area contributed by atoms with E-state index in [-0.39, 0.29) is 5.60 Å². The van der Waals surface area contributed by atoms with Gasteiger partial charge in [-0.05, 0) is 51.1 Å². The van der Waals surface area contributed by atoms with E-state index in [4.69, 9.17) is 4.74 Å². The molecule has 2 nitrogen and oxygen atoms in total. The zero-order valence-electron chi connectivity index (χ0n) is 10.3. The van der Waals surface area contributed by atoms with Crippen molar-refractivity contribution >= 4 is 0 Å². The SMILES string of the molecule is COC(C)(C)CC1(C)CCNCC1C. The summed E-state index contributed by atoms with van der Waals surface area (Å²) in [6.45, 7) is 11.4. The van der Waals surface area contributed by atoms with Gasteiger partial charge < -0.3 is 10.1 Å². The summed E-state index contributed by atoms with van der Waals surface area (Å²) in [5, 5.41) is 3.45. The number of nitrogens with one attached hydrogen (secondary N) is 1. The fourth-order valence-corrected chi connectivity index (χ4v) is 2.49. The fourth-order valence-electron chi connectivity index (χ4n) is 2.49. The number of methoxy groups -OCH3 is 1. The quantitative estimate of drug-likeness (QED) is 0.754. The molecular formula is C12H25NO. The van der Waals surface area contributed by atoms with E-state index in [9.17, 15) is 0 Å². The molecule has 0 aromatic heterocycles. The van der Waals surface area contributed by atoms with Gasteiger partial charge in [-0.1, -0.05) is 13.8 Å². The van der Waals surface area contributed by atoms with Crippen LogP contribution in [-0.4, -0.2) is 25.8 Å². The summed E-state index contributed by atoms with van der Waals surface area (Å²) in [6.07, 6.45) is 2.42. The third kappa shape index (κ3) is 2.71. The van der Waals surface area contributed by atoms with Crippen molar-refractivity contribution in [3.8, 4) is 0 Å². The molecule has 0 bridgehead atoms. The van der Waals surface area contributed by atoms with Crippen LogP contribution in [0.5, 0.6) is 0 Å². The monoisotopic (exact) mass is 199 g/mol. The molecule has 1 aliphatic heterocycles. The Kier molecular flexibility index (Phi) is 3.59. The largest absolute Gasteiger partial charge is 0.379 e. The third-order valence-corrected chi connectivity index (χ3v) is 3.90. The Bertz CT molecular complexity index is 191. The van der Waals surface area contributed by atoms with E-state index < -0.39 is 0 Å². The van der Waals surface area contributed by atoms with E-state index in [0.717, 1.165) is 25.4 Å². The lowest BCUT2D eigenvalue weighted by Gasteiger charge is -2.44. The molecule has 0 aromatic carbocycles. The predicted octanol–water partition coefficient (Wildman–Crippen LogP) is 2.44. The zero-order valence-corrected chi connectivity index (χ0v) is 10.3. The summed E-state index contributed by atoms with van der Waals surface area (Å²) in [4.78, 5) is 0. The number of piperidine rings is 1. The van der Waals surface area contributed by atoms with Gasteiger partial charge in [0.05, 0.1) is 5.60 Å². The molecule has 0 saturated carbocycles. The molecule has 2 unspecified atom stereocenters. The van der Waals surface area contributed by atoms with Crippen molar-refractivity contribution in [3.05, 3.63) is 0 Å². The summed E-state index contributed by atoms with van der Waals surface area (Å²) in [6, 6.07) is 0. The van der Waals surface area contributed by atoms with E-state index in [0.29, 0.717) is 5.41 Å². The van der Waals surface area contributed by atoms with Gasteiger partial charge in [-0.3, -0.25) is 0 Å². The molecule has 1 heterocycles. The number of ether oxygens (including phenoxy) is 1. The van der Waals surface area contributed by atoms with Crippen LogP contribution in [-0.2, 0) is 4.74 Å². The van der Waals surface area contributed by atoms with Gasteiger partial charge in [0.1, 0.15) is 0 Å². The van der Waals surface area contributed by atoms with Crippen LogP contribution in [0, 0.1) is 11.3 Å². The van der Waals surface area contributed by atoms with Crippen molar-refractivity contribution in [3.63, 3.8) is 0 Å². The maximum atomic E-state index is 5.53. The molecule has 0 amide bonds. The maximum Gasteiger partial charge on any atom is 0.0628 e. The number of hydrogen-bond donors (Lipinski definition) is 1. The fraction of sp³-hybridized carbons (Fsp3) is 1.00. The minimum absolute atomic E-state index is 0.0142. The molecule has 0 aromatic rings. The van der Waals surface area contributed by atoms with Crippen molar-refractivity contribution in [1.29, 1.82) is 0 Å². The van der Waals surface area contributed by atoms with Crippen LogP contribution in [0.1, 0.15) is 40.5 Å². The molecule has 2 atom stereocenters. The topological polar surface area (TPSA) is 21.3 Å². The van der Waals surface area contributed by atoms with E-state index in [1.807, 2.05) is 7.11 Å². The van der Waals surface area contributed by atoms with Gasteiger partial charge in [0.15, 0.2) is 0 Å². The van der Waals surface area contributed by atoms with E-state index in [1.54, 1.807) is 0 Å². The molecule has 0 spiro atoms. The molecule has 2 heteroatoms.